The second-order valence-electron chi connectivity index (χ2n) is 5.96. The predicted molar refractivity (Wildman–Crippen MR) is 90.6 cm³/mol. The number of aliphatic hydroxyl groups is 2. The molecule has 26 heavy (non-hydrogen) atoms. The second-order valence-corrected chi connectivity index (χ2v) is 5.96. The first-order chi connectivity index (χ1) is 12.3. The van der Waals surface area contributed by atoms with E-state index in [1.54, 1.807) is 24.3 Å². The van der Waals surface area contributed by atoms with E-state index in [9.17, 15) is 19.8 Å². The van der Waals surface area contributed by atoms with Crippen molar-refractivity contribution in [2.45, 2.75) is 44.4 Å². The molecular weight excluding hydrogens is 344 g/mol. The fraction of sp³-hybridized carbons (Fsp3) is 0.529. The van der Waals surface area contributed by atoms with Crippen LogP contribution in [0, 0.1) is 0 Å². The molecule has 0 aliphatic carbocycles. The van der Waals surface area contributed by atoms with Gasteiger partial charge in [-0.25, -0.2) is 0 Å². The molecule has 1 fully saturated rings. The van der Waals surface area contributed by atoms with Crippen molar-refractivity contribution < 1.29 is 34.0 Å². The molecule has 1 heterocycles. The normalized spacial score (nSPS) is 28.1. The van der Waals surface area contributed by atoms with Gasteiger partial charge in [0.15, 0.2) is 0 Å². The van der Waals surface area contributed by atoms with E-state index < -0.39 is 49.0 Å². The van der Waals surface area contributed by atoms with Crippen molar-refractivity contribution in [1.82, 2.24) is 10.6 Å². The number of aliphatic hydroxyl groups excluding tert-OH is 2. The summed E-state index contributed by atoms with van der Waals surface area (Å²) in [4.78, 5) is 22.9. The van der Waals surface area contributed by atoms with Crippen molar-refractivity contribution in [1.29, 1.82) is 0 Å². The molecule has 9 nitrogen and oxygen atoms in total. The van der Waals surface area contributed by atoms with Crippen molar-refractivity contribution in [3.05, 3.63) is 24.3 Å². The molecule has 0 radical (unpaired) electrons. The van der Waals surface area contributed by atoms with E-state index >= 15 is 0 Å². The third-order valence-corrected chi connectivity index (χ3v) is 3.97. The largest absolute Gasteiger partial charge is 0.497 e. The monoisotopic (exact) mass is 368 g/mol. The Kier molecular flexibility index (Phi) is 6.78. The molecule has 1 aromatic rings. The van der Waals surface area contributed by atoms with Gasteiger partial charge >= 0.3 is 0 Å². The highest BCUT2D eigenvalue weighted by Crippen LogP contribution is 2.25. The quantitative estimate of drug-likeness (QED) is 0.516. The standard InChI is InChI=1S/C17H24N2O7/c1-9(21)18-14-13(8-20)26-17(15(16(14)23)19-10(2)22)25-12-6-4-11(24-3)5-7-12/h4-7,13-17,20,23H,8H2,1-3H3,(H,18,21)(H,19,22)/t13-,14-,15+,16+,17-/m1/s1. The highest BCUT2D eigenvalue weighted by Gasteiger charge is 2.47. The van der Waals surface area contributed by atoms with Gasteiger partial charge in [-0.05, 0) is 24.3 Å². The number of hydrogen-bond acceptors (Lipinski definition) is 7. The average molecular weight is 368 g/mol. The molecule has 0 bridgehead atoms. The van der Waals surface area contributed by atoms with E-state index in [4.69, 9.17) is 14.2 Å². The van der Waals surface area contributed by atoms with Crippen LogP contribution in [0.3, 0.4) is 0 Å². The summed E-state index contributed by atoms with van der Waals surface area (Å²) in [6.07, 6.45) is -3.19. The van der Waals surface area contributed by atoms with Gasteiger partial charge in [-0.2, -0.15) is 0 Å². The molecule has 4 N–H and O–H groups in total. The zero-order valence-corrected chi connectivity index (χ0v) is 14.8. The molecule has 1 aliphatic heterocycles. The van der Waals surface area contributed by atoms with Crippen molar-refractivity contribution in [3.8, 4) is 11.5 Å². The molecule has 2 amide bonds. The van der Waals surface area contributed by atoms with E-state index in [1.165, 1.54) is 21.0 Å². The third-order valence-electron chi connectivity index (χ3n) is 3.97. The first-order valence-electron chi connectivity index (χ1n) is 8.15. The average Bonchev–Trinajstić information content (AvgIpc) is 2.60. The van der Waals surface area contributed by atoms with Crippen LogP contribution in [0.5, 0.6) is 11.5 Å². The molecule has 2 rings (SSSR count). The summed E-state index contributed by atoms with van der Waals surface area (Å²) in [7, 11) is 1.54. The Hall–Kier alpha value is -2.36. The van der Waals surface area contributed by atoms with Crippen LogP contribution in [0.15, 0.2) is 24.3 Å². The van der Waals surface area contributed by atoms with Gasteiger partial charge in [0.25, 0.3) is 0 Å². The Morgan fingerprint density at radius 1 is 1.08 bits per heavy atom. The lowest BCUT2D eigenvalue weighted by molar-refractivity contribution is -0.215. The van der Waals surface area contributed by atoms with Crippen molar-refractivity contribution in [2.24, 2.45) is 0 Å². The van der Waals surface area contributed by atoms with Gasteiger partial charge in [0.2, 0.25) is 18.1 Å². The Bertz CT molecular complexity index is 622. The second kappa shape index (κ2) is 8.84. The number of carbonyl (C=O) groups excluding carboxylic acids is 2. The summed E-state index contributed by atoms with van der Waals surface area (Å²) in [5, 5.41) is 25.3. The summed E-state index contributed by atoms with van der Waals surface area (Å²) < 4.78 is 16.5. The Morgan fingerprint density at radius 3 is 2.12 bits per heavy atom. The maximum absolute atomic E-state index is 11.5. The smallest absolute Gasteiger partial charge is 0.223 e. The zero-order chi connectivity index (χ0) is 19.3. The van der Waals surface area contributed by atoms with Crippen LogP contribution >= 0.6 is 0 Å². The molecular formula is C17H24N2O7. The molecule has 9 heteroatoms. The van der Waals surface area contributed by atoms with Crippen LogP contribution in [-0.4, -0.2) is 66.3 Å². The van der Waals surface area contributed by atoms with Gasteiger partial charge < -0.3 is 35.1 Å². The number of amides is 2. The summed E-state index contributed by atoms with van der Waals surface area (Å²) in [5.41, 5.74) is 0. The number of methoxy groups -OCH3 is 1. The topological polar surface area (TPSA) is 126 Å². The lowest BCUT2D eigenvalue weighted by Gasteiger charge is -2.44. The molecule has 1 aromatic carbocycles. The minimum Gasteiger partial charge on any atom is -0.497 e. The molecule has 5 atom stereocenters. The molecule has 0 unspecified atom stereocenters. The molecule has 0 aromatic heterocycles. The van der Waals surface area contributed by atoms with Crippen LogP contribution < -0.4 is 20.1 Å². The third kappa shape index (κ3) is 4.84. The fourth-order valence-electron chi connectivity index (χ4n) is 2.79. The number of hydrogen-bond donors (Lipinski definition) is 4. The minimum absolute atomic E-state index is 0.396. The number of benzene rings is 1. The maximum Gasteiger partial charge on any atom is 0.223 e. The van der Waals surface area contributed by atoms with Gasteiger partial charge in [-0.15, -0.1) is 0 Å². The van der Waals surface area contributed by atoms with Gasteiger partial charge in [0, 0.05) is 13.8 Å². The maximum atomic E-state index is 11.5. The molecule has 1 aliphatic rings. The molecule has 144 valence electrons. The zero-order valence-electron chi connectivity index (χ0n) is 14.8. The number of carbonyl (C=O) groups is 2. The van der Waals surface area contributed by atoms with Gasteiger partial charge in [0.1, 0.15) is 29.7 Å². The van der Waals surface area contributed by atoms with E-state index in [0.29, 0.717) is 11.5 Å². The first-order valence-corrected chi connectivity index (χ1v) is 8.15. The highest BCUT2D eigenvalue weighted by molar-refractivity contribution is 5.74. The summed E-state index contributed by atoms with van der Waals surface area (Å²) in [6.45, 7) is 2.13. The van der Waals surface area contributed by atoms with Crippen molar-refractivity contribution in [3.63, 3.8) is 0 Å². The van der Waals surface area contributed by atoms with Gasteiger partial charge in [-0.3, -0.25) is 9.59 Å². The summed E-state index contributed by atoms with van der Waals surface area (Å²) >= 11 is 0. The minimum atomic E-state index is -1.23. The molecule has 1 saturated heterocycles. The number of nitrogens with one attached hydrogen (secondary N) is 2. The van der Waals surface area contributed by atoms with Crippen LogP contribution in [0.1, 0.15) is 13.8 Å². The summed E-state index contributed by atoms with van der Waals surface area (Å²) in [6, 6.07) is 4.82. The van der Waals surface area contributed by atoms with Crippen molar-refractivity contribution in [2.75, 3.05) is 13.7 Å². The van der Waals surface area contributed by atoms with Crippen molar-refractivity contribution >= 4 is 11.8 Å². The van der Waals surface area contributed by atoms with Crippen LogP contribution in [0.2, 0.25) is 0 Å². The first kappa shape index (κ1) is 20.0. The lowest BCUT2D eigenvalue weighted by atomic mass is 9.94. The van der Waals surface area contributed by atoms with Crippen LogP contribution in [-0.2, 0) is 14.3 Å². The van der Waals surface area contributed by atoms with Crippen LogP contribution in [0.25, 0.3) is 0 Å². The Labute approximate surface area is 151 Å². The van der Waals surface area contributed by atoms with Crippen LogP contribution in [0.4, 0.5) is 0 Å². The highest BCUT2D eigenvalue weighted by atomic mass is 16.7. The SMILES string of the molecule is COc1ccc(O[C@@H]2O[C@H](CO)[C@@H](NC(C)=O)[C@H](O)[C@@H]2NC(C)=O)cc1. The number of ether oxygens (including phenoxy) is 3. The van der Waals surface area contributed by atoms with Gasteiger partial charge in [-0.1, -0.05) is 0 Å². The van der Waals surface area contributed by atoms with E-state index in [-0.39, 0.29) is 0 Å². The van der Waals surface area contributed by atoms with E-state index in [1.807, 2.05) is 0 Å². The van der Waals surface area contributed by atoms with Gasteiger partial charge in [0.05, 0.1) is 19.8 Å². The lowest BCUT2D eigenvalue weighted by Crippen LogP contribution is -2.69. The summed E-state index contributed by atoms with van der Waals surface area (Å²) in [5.74, 6) is 0.268. The number of rotatable bonds is 6. The molecule has 0 saturated carbocycles. The predicted octanol–water partition coefficient (Wildman–Crippen LogP) is -0.838. The Balaban J connectivity index is 2.23. The van der Waals surface area contributed by atoms with E-state index in [0.717, 1.165) is 0 Å². The molecule has 0 spiro atoms. The van der Waals surface area contributed by atoms with E-state index in [2.05, 4.69) is 10.6 Å². The Morgan fingerprint density at radius 2 is 1.62 bits per heavy atom. The fourth-order valence-corrected chi connectivity index (χ4v) is 2.79.